The van der Waals surface area contributed by atoms with Gasteiger partial charge in [0.05, 0.1) is 6.20 Å². The number of nitrogens with zero attached hydrogens (tertiary/aromatic N) is 4. The highest BCUT2D eigenvalue weighted by Crippen LogP contribution is 2.14. The van der Waals surface area contributed by atoms with Crippen LogP contribution in [0.4, 0.5) is 0 Å². The van der Waals surface area contributed by atoms with Crippen molar-refractivity contribution < 1.29 is 9.59 Å². The second-order valence-electron chi connectivity index (χ2n) is 7.32. The van der Waals surface area contributed by atoms with Crippen molar-refractivity contribution in [3.05, 3.63) is 59.7 Å². The fourth-order valence-electron chi connectivity index (χ4n) is 3.33. The first-order valence-corrected chi connectivity index (χ1v) is 9.48. The van der Waals surface area contributed by atoms with Gasteiger partial charge in [-0.2, -0.15) is 0 Å². The molecule has 0 aliphatic carbocycles. The molecule has 1 fully saturated rings. The highest BCUT2D eigenvalue weighted by atomic mass is 16.2. The van der Waals surface area contributed by atoms with Crippen LogP contribution in [0, 0.1) is 5.92 Å². The van der Waals surface area contributed by atoms with E-state index in [-0.39, 0.29) is 11.8 Å². The Kier molecular flexibility index (Phi) is 6.16. The lowest BCUT2D eigenvalue weighted by atomic mass is 10.0. The van der Waals surface area contributed by atoms with Gasteiger partial charge in [-0.15, -0.1) is 0 Å². The van der Waals surface area contributed by atoms with E-state index >= 15 is 0 Å². The van der Waals surface area contributed by atoms with Crippen molar-refractivity contribution in [3.8, 4) is 0 Å². The van der Waals surface area contributed by atoms with E-state index in [0.717, 1.165) is 12.8 Å². The molecule has 1 saturated heterocycles. The van der Waals surface area contributed by atoms with E-state index in [9.17, 15) is 9.59 Å². The minimum atomic E-state index is -0.129. The van der Waals surface area contributed by atoms with Gasteiger partial charge >= 0.3 is 0 Å². The monoisotopic (exact) mass is 366 g/mol. The first-order chi connectivity index (χ1) is 13.0. The van der Waals surface area contributed by atoms with E-state index in [1.54, 1.807) is 11.1 Å². The Morgan fingerprint density at radius 2 is 1.63 bits per heavy atom. The number of amides is 2. The lowest BCUT2D eigenvalue weighted by Gasteiger charge is -2.22. The number of hydrogen-bond acceptors (Lipinski definition) is 4. The average Bonchev–Trinajstić information content (AvgIpc) is 2.94. The number of benzene rings is 1. The summed E-state index contributed by atoms with van der Waals surface area (Å²) in [5.41, 5.74) is 2.30. The SMILES string of the molecule is CC(C)Cc1ccc(C(=O)N2CCCN(C(=O)c3cnccn3)CC2)cc1. The molecule has 6 nitrogen and oxygen atoms in total. The van der Waals surface area contributed by atoms with Crippen molar-refractivity contribution in [2.75, 3.05) is 26.2 Å². The molecule has 0 N–H and O–H groups in total. The zero-order chi connectivity index (χ0) is 19.2. The van der Waals surface area contributed by atoms with Crippen LogP contribution < -0.4 is 0 Å². The van der Waals surface area contributed by atoms with Gasteiger partial charge in [0.25, 0.3) is 11.8 Å². The van der Waals surface area contributed by atoms with E-state index < -0.39 is 0 Å². The molecular formula is C21H26N4O2. The highest BCUT2D eigenvalue weighted by Gasteiger charge is 2.24. The van der Waals surface area contributed by atoms with Crippen LogP contribution in [0.3, 0.4) is 0 Å². The standard InChI is InChI=1S/C21H26N4O2/c1-16(2)14-17-4-6-18(7-5-17)20(26)24-10-3-11-25(13-12-24)21(27)19-15-22-8-9-23-19/h4-9,15-16H,3,10-14H2,1-2H3. The molecule has 2 aromatic rings. The number of rotatable bonds is 4. The van der Waals surface area contributed by atoms with Crippen LogP contribution in [0.5, 0.6) is 0 Å². The third kappa shape index (κ3) is 4.90. The molecule has 27 heavy (non-hydrogen) atoms. The van der Waals surface area contributed by atoms with Crippen molar-refractivity contribution in [2.24, 2.45) is 5.92 Å². The van der Waals surface area contributed by atoms with Gasteiger partial charge in [-0.05, 0) is 36.5 Å². The van der Waals surface area contributed by atoms with E-state index in [4.69, 9.17) is 0 Å². The Bertz CT molecular complexity index is 775. The molecule has 1 aromatic carbocycles. The zero-order valence-corrected chi connectivity index (χ0v) is 16.0. The molecule has 142 valence electrons. The number of carbonyl (C=O) groups excluding carboxylic acids is 2. The molecule has 0 unspecified atom stereocenters. The third-order valence-corrected chi connectivity index (χ3v) is 4.70. The largest absolute Gasteiger partial charge is 0.337 e. The lowest BCUT2D eigenvalue weighted by molar-refractivity contribution is 0.0715. The number of aromatic nitrogens is 2. The Hall–Kier alpha value is -2.76. The van der Waals surface area contributed by atoms with Crippen LogP contribution in [0.25, 0.3) is 0 Å². The fourth-order valence-corrected chi connectivity index (χ4v) is 3.33. The molecule has 6 heteroatoms. The second-order valence-corrected chi connectivity index (χ2v) is 7.32. The first kappa shape index (κ1) is 19.0. The van der Waals surface area contributed by atoms with Gasteiger partial charge in [-0.3, -0.25) is 14.6 Å². The van der Waals surface area contributed by atoms with Crippen LogP contribution in [0.15, 0.2) is 42.9 Å². The smallest absolute Gasteiger partial charge is 0.274 e. The normalized spacial score (nSPS) is 14.9. The van der Waals surface area contributed by atoms with E-state index in [1.807, 2.05) is 29.2 Å². The summed E-state index contributed by atoms with van der Waals surface area (Å²) in [5.74, 6) is 0.491. The van der Waals surface area contributed by atoms with Crippen molar-refractivity contribution in [1.82, 2.24) is 19.8 Å². The van der Waals surface area contributed by atoms with E-state index in [2.05, 4.69) is 23.8 Å². The Balaban J connectivity index is 1.62. The third-order valence-electron chi connectivity index (χ3n) is 4.70. The van der Waals surface area contributed by atoms with Crippen LogP contribution in [0.2, 0.25) is 0 Å². The van der Waals surface area contributed by atoms with Gasteiger partial charge < -0.3 is 9.80 Å². The van der Waals surface area contributed by atoms with Crippen LogP contribution in [-0.4, -0.2) is 57.8 Å². The zero-order valence-electron chi connectivity index (χ0n) is 16.0. The number of carbonyl (C=O) groups is 2. The molecule has 3 rings (SSSR count). The van der Waals surface area contributed by atoms with Gasteiger partial charge in [0.1, 0.15) is 5.69 Å². The maximum Gasteiger partial charge on any atom is 0.274 e. The van der Waals surface area contributed by atoms with Crippen LogP contribution in [-0.2, 0) is 6.42 Å². The lowest BCUT2D eigenvalue weighted by Crippen LogP contribution is -2.37. The summed E-state index contributed by atoms with van der Waals surface area (Å²) in [6, 6.07) is 7.89. The molecule has 1 aromatic heterocycles. The summed E-state index contributed by atoms with van der Waals surface area (Å²) in [4.78, 5) is 37.0. The van der Waals surface area contributed by atoms with E-state index in [0.29, 0.717) is 43.4 Å². The average molecular weight is 366 g/mol. The first-order valence-electron chi connectivity index (χ1n) is 9.48. The molecule has 2 heterocycles. The summed E-state index contributed by atoms with van der Waals surface area (Å²) in [6.45, 7) is 6.67. The molecular weight excluding hydrogens is 340 g/mol. The molecule has 0 atom stereocenters. The Morgan fingerprint density at radius 1 is 0.963 bits per heavy atom. The molecule has 0 spiro atoms. The van der Waals surface area contributed by atoms with Gasteiger partial charge in [-0.25, -0.2) is 4.98 Å². The Morgan fingerprint density at radius 3 is 2.22 bits per heavy atom. The molecule has 0 bridgehead atoms. The van der Waals surface area contributed by atoms with Gasteiger partial charge in [0, 0.05) is 44.1 Å². The highest BCUT2D eigenvalue weighted by molar-refractivity contribution is 5.94. The van der Waals surface area contributed by atoms with Gasteiger partial charge in [0.2, 0.25) is 0 Å². The van der Waals surface area contributed by atoms with Crippen molar-refractivity contribution in [3.63, 3.8) is 0 Å². The molecule has 0 radical (unpaired) electrons. The minimum Gasteiger partial charge on any atom is -0.337 e. The summed E-state index contributed by atoms with van der Waals surface area (Å²) in [5, 5.41) is 0. The number of hydrogen-bond donors (Lipinski definition) is 0. The molecule has 0 saturated carbocycles. The van der Waals surface area contributed by atoms with Crippen LogP contribution >= 0.6 is 0 Å². The van der Waals surface area contributed by atoms with Gasteiger partial charge in [-0.1, -0.05) is 26.0 Å². The topological polar surface area (TPSA) is 66.4 Å². The summed E-state index contributed by atoms with van der Waals surface area (Å²) in [6.07, 6.45) is 6.31. The maximum absolute atomic E-state index is 12.8. The van der Waals surface area contributed by atoms with E-state index in [1.165, 1.54) is 18.0 Å². The predicted molar refractivity (Wildman–Crippen MR) is 103 cm³/mol. The predicted octanol–water partition coefficient (Wildman–Crippen LogP) is 2.66. The molecule has 1 aliphatic rings. The van der Waals surface area contributed by atoms with Crippen molar-refractivity contribution >= 4 is 11.8 Å². The second kappa shape index (κ2) is 8.75. The Labute approximate surface area is 160 Å². The molecule has 2 amide bonds. The minimum absolute atomic E-state index is 0.0277. The quantitative estimate of drug-likeness (QED) is 0.834. The maximum atomic E-state index is 12.8. The van der Waals surface area contributed by atoms with Crippen molar-refractivity contribution in [2.45, 2.75) is 26.7 Å². The van der Waals surface area contributed by atoms with Crippen molar-refractivity contribution in [1.29, 1.82) is 0 Å². The summed E-state index contributed by atoms with van der Waals surface area (Å²) in [7, 11) is 0. The molecule has 1 aliphatic heterocycles. The fraction of sp³-hybridized carbons (Fsp3) is 0.429. The van der Waals surface area contributed by atoms with Gasteiger partial charge in [0.15, 0.2) is 0 Å². The summed E-state index contributed by atoms with van der Waals surface area (Å²) < 4.78 is 0. The van der Waals surface area contributed by atoms with Crippen LogP contribution in [0.1, 0.15) is 46.7 Å². The summed E-state index contributed by atoms with van der Waals surface area (Å²) >= 11 is 0.